The molecule has 2 atom stereocenters. The van der Waals surface area contributed by atoms with Gasteiger partial charge in [-0.1, -0.05) is 84.9 Å². The topological polar surface area (TPSA) is 105 Å². The van der Waals surface area contributed by atoms with E-state index in [-0.39, 0.29) is 16.8 Å². The van der Waals surface area contributed by atoms with Gasteiger partial charge in [-0.3, -0.25) is 4.79 Å². The van der Waals surface area contributed by atoms with Crippen molar-refractivity contribution in [1.29, 1.82) is 0 Å². The van der Waals surface area contributed by atoms with Gasteiger partial charge in [-0.25, -0.2) is 13.2 Å². The molecule has 8 nitrogen and oxygen atoms in total. The molecule has 0 saturated carbocycles. The third kappa shape index (κ3) is 8.79. The monoisotopic (exact) mass is 561 g/mol. The van der Waals surface area contributed by atoms with Crippen LogP contribution >= 0.6 is 0 Å². The van der Waals surface area contributed by atoms with E-state index in [4.69, 9.17) is 4.74 Å². The van der Waals surface area contributed by atoms with Gasteiger partial charge in [0, 0.05) is 31.0 Å². The molecule has 1 fully saturated rings. The van der Waals surface area contributed by atoms with Crippen LogP contribution in [0.25, 0.3) is 0 Å². The number of hydrogen-bond donors (Lipinski definition) is 2. The normalized spacial score (nSPS) is 15.3. The molecule has 1 saturated heterocycles. The minimum absolute atomic E-state index is 0.180. The maximum absolute atomic E-state index is 13.6. The quantitative estimate of drug-likeness (QED) is 0.371. The molecule has 2 N–H and O–H groups in total. The van der Waals surface area contributed by atoms with Crippen LogP contribution in [0, 0.1) is 0 Å². The third-order valence-electron chi connectivity index (χ3n) is 6.67. The number of carbonyl (C=O) groups is 2. The molecule has 1 heterocycles. The lowest BCUT2D eigenvalue weighted by Gasteiger charge is -2.29. The molecular formula is C31H35N3O5S. The van der Waals surface area contributed by atoms with Crippen molar-refractivity contribution in [2.24, 2.45) is 0 Å². The van der Waals surface area contributed by atoms with Gasteiger partial charge in [0.15, 0.2) is 9.84 Å². The number of rotatable bonds is 11. The first-order valence-electron chi connectivity index (χ1n) is 13.4. The smallest absolute Gasteiger partial charge is 0.318 e. The molecule has 1 aliphatic heterocycles. The number of sulfone groups is 1. The summed E-state index contributed by atoms with van der Waals surface area (Å²) in [4.78, 5) is 28.4. The minimum atomic E-state index is -3.70. The van der Waals surface area contributed by atoms with Gasteiger partial charge in [-0.05, 0) is 36.1 Å². The van der Waals surface area contributed by atoms with Crippen molar-refractivity contribution in [3.05, 3.63) is 114 Å². The molecule has 210 valence electrons. The van der Waals surface area contributed by atoms with Gasteiger partial charge in [-0.2, -0.15) is 0 Å². The fraction of sp³-hybridized carbons (Fsp3) is 0.290. The van der Waals surface area contributed by atoms with Crippen LogP contribution in [0.5, 0.6) is 0 Å². The van der Waals surface area contributed by atoms with Gasteiger partial charge >= 0.3 is 6.03 Å². The second kappa shape index (κ2) is 14.4. The molecule has 0 radical (unpaired) electrons. The summed E-state index contributed by atoms with van der Waals surface area (Å²) in [5, 5.41) is 7.03. The maximum atomic E-state index is 13.6. The highest BCUT2D eigenvalue weighted by Gasteiger charge is 2.26. The van der Waals surface area contributed by atoms with Gasteiger partial charge in [0.25, 0.3) is 0 Å². The van der Waals surface area contributed by atoms with Crippen LogP contribution in [0.15, 0.2) is 107 Å². The molecule has 3 aromatic rings. The van der Waals surface area contributed by atoms with Crippen molar-refractivity contribution < 1.29 is 22.7 Å². The molecule has 3 aromatic carbocycles. The summed E-state index contributed by atoms with van der Waals surface area (Å²) in [6, 6.07) is 25.7. The highest BCUT2D eigenvalue weighted by atomic mass is 32.2. The van der Waals surface area contributed by atoms with Crippen LogP contribution in [0.2, 0.25) is 0 Å². The fourth-order valence-corrected chi connectivity index (χ4v) is 5.51. The summed E-state index contributed by atoms with van der Waals surface area (Å²) < 4.78 is 31.2. The molecule has 1 aliphatic rings. The summed E-state index contributed by atoms with van der Waals surface area (Å²) >= 11 is 0. The number of nitrogens with one attached hydrogen (secondary N) is 2. The minimum Gasteiger partial charge on any atom is -0.378 e. The number of nitrogens with zero attached hydrogens (tertiary/aromatic N) is 1. The van der Waals surface area contributed by atoms with E-state index in [1.807, 2.05) is 60.7 Å². The van der Waals surface area contributed by atoms with Gasteiger partial charge < -0.3 is 20.3 Å². The average Bonchev–Trinajstić information content (AvgIpc) is 3.00. The van der Waals surface area contributed by atoms with Gasteiger partial charge in [0.1, 0.15) is 6.04 Å². The first-order valence-corrected chi connectivity index (χ1v) is 14.9. The van der Waals surface area contributed by atoms with Crippen LogP contribution < -0.4 is 10.6 Å². The van der Waals surface area contributed by atoms with Crippen molar-refractivity contribution in [2.45, 2.75) is 36.2 Å². The Morgan fingerprint density at radius 3 is 2.02 bits per heavy atom. The van der Waals surface area contributed by atoms with Crippen LogP contribution in [0.4, 0.5) is 4.79 Å². The SMILES string of the molecule is O=C(NC(/C=C/S(=O)(=O)c1ccccc1)CCc1ccccc1)C(Cc1ccccc1)NC(=O)N1CCOCC1. The zero-order chi connectivity index (χ0) is 28.2. The number of carbonyl (C=O) groups excluding carboxylic acids is 2. The standard InChI is InChI=1S/C31H35N3O5S/c35-30(29(24-26-12-6-2-7-13-26)33-31(36)34-19-21-39-22-20-34)32-27(17-16-25-10-4-1-5-11-25)18-23-40(37,38)28-14-8-3-9-15-28/h1-15,18,23,27,29H,16-17,19-22,24H2,(H,32,35)(H,33,36)/b23-18+. The number of ether oxygens (including phenoxy) is 1. The largest absolute Gasteiger partial charge is 0.378 e. The van der Waals surface area contributed by atoms with Gasteiger partial charge in [0.2, 0.25) is 5.91 Å². The summed E-state index contributed by atoms with van der Waals surface area (Å²) in [6.45, 7) is 1.80. The van der Waals surface area contributed by atoms with E-state index in [0.29, 0.717) is 45.6 Å². The Morgan fingerprint density at radius 2 is 1.40 bits per heavy atom. The highest BCUT2D eigenvalue weighted by molar-refractivity contribution is 7.94. The van der Waals surface area contributed by atoms with Crippen molar-refractivity contribution in [3.63, 3.8) is 0 Å². The maximum Gasteiger partial charge on any atom is 0.318 e. The summed E-state index contributed by atoms with van der Waals surface area (Å²) in [7, 11) is -3.70. The van der Waals surface area contributed by atoms with E-state index in [1.165, 1.54) is 18.2 Å². The second-order valence-corrected chi connectivity index (χ2v) is 11.5. The Labute approximate surface area is 236 Å². The molecular weight excluding hydrogens is 526 g/mol. The Bertz CT molecular complexity index is 1360. The lowest BCUT2D eigenvalue weighted by atomic mass is 10.0. The highest BCUT2D eigenvalue weighted by Crippen LogP contribution is 2.14. The summed E-state index contributed by atoms with van der Waals surface area (Å²) in [5.74, 6) is -0.384. The average molecular weight is 562 g/mol. The second-order valence-electron chi connectivity index (χ2n) is 9.62. The fourth-order valence-electron chi connectivity index (χ4n) is 4.42. The van der Waals surface area contributed by atoms with Gasteiger partial charge in [0.05, 0.1) is 18.1 Å². The lowest BCUT2D eigenvalue weighted by Crippen LogP contribution is -2.55. The van der Waals surface area contributed by atoms with E-state index < -0.39 is 21.9 Å². The number of morpholine rings is 1. The molecule has 2 unspecified atom stereocenters. The molecule has 0 bridgehead atoms. The summed E-state index contributed by atoms with van der Waals surface area (Å²) in [6.07, 6.45) is 2.92. The van der Waals surface area contributed by atoms with E-state index >= 15 is 0 Å². The number of hydrogen-bond acceptors (Lipinski definition) is 5. The number of amides is 3. The zero-order valence-corrected chi connectivity index (χ0v) is 23.1. The Morgan fingerprint density at radius 1 is 0.825 bits per heavy atom. The van der Waals surface area contributed by atoms with Crippen molar-refractivity contribution in [1.82, 2.24) is 15.5 Å². The number of benzene rings is 3. The van der Waals surface area contributed by atoms with E-state index in [1.54, 1.807) is 23.1 Å². The Kier molecular flexibility index (Phi) is 10.5. The molecule has 40 heavy (non-hydrogen) atoms. The molecule has 9 heteroatoms. The van der Waals surface area contributed by atoms with E-state index in [0.717, 1.165) is 16.5 Å². The molecule has 0 aliphatic carbocycles. The van der Waals surface area contributed by atoms with Gasteiger partial charge in [-0.15, -0.1) is 0 Å². The number of urea groups is 1. The molecule has 0 aromatic heterocycles. The van der Waals surface area contributed by atoms with Crippen molar-refractivity contribution >= 4 is 21.8 Å². The van der Waals surface area contributed by atoms with Crippen LogP contribution in [0.3, 0.4) is 0 Å². The predicted octanol–water partition coefficient (Wildman–Crippen LogP) is 3.74. The Balaban J connectivity index is 1.53. The van der Waals surface area contributed by atoms with E-state index in [9.17, 15) is 18.0 Å². The third-order valence-corrected chi connectivity index (χ3v) is 8.12. The van der Waals surface area contributed by atoms with E-state index in [2.05, 4.69) is 10.6 Å². The first-order chi connectivity index (χ1) is 19.4. The summed E-state index contributed by atoms with van der Waals surface area (Å²) in [5.41, 5.74) is 1.97. The lowest BCUT2D eigenvalue weighted by molar-refractivity contribution is -0.123. The zero-order valence-electron chi connectivity index (χ0n) is 22.3. The van der Waals surface area contributed by atoms with Crippen molar-refractivity contribution in [2.75, 3.05) is 26.3 Å². The van der Waals surface area contributed by atoms with Crippen LogP contribution in [-0.2, 0) is 32.2 Å². The number of aryl methyl sites for hydroxylation is 1. The van der Waals surface area contributed by atoms with Crippen LogP contribution in [0.1, 0.15) is 17.5 Å². The Hall–Kier alpha value is -3.95. The molecule has 3 amide bonds. The first kappa shape index (κ1) is 29.0. The molecule has 4 rings (SSSR count). The van der Waals surface area contributed by atoms with Crippen molar-refractivity contribution in [3.8, 4) is 0 Å². The van der Waals surface area contributed by atoms with Crippen LogP contribution in [-0.4, -0.2) is 63.6 Å². The molecule has 0 spiro atoms. The predicted molar refractivity (Wildman–Crippen MR) is 154 cm³/mol.